The zero-order valence-corrected chi connectivity index (χ0v) is 10.6. The van der Waals surface area contributed by atoms with Gasteiger partial charge in [-0.2, -0.15) is 0 Å². The van der Waals surface area contributed by atoms with Gasteiger partial charge in [-0.1, -0.05) is 44.9 Å². The average molecular weight is 219 g/mol. The smallest absolute Gasteiger partial charge is 0.0411 e. The molecule has 1 aromatic rings. The maximum atomic E-state index is 2.44. The number of aromatic nitrogens is 1. The zero-order chi connectivity index (χ0) is 11.3. The highest BCUT2D eigenvalue weighted by Gasteiger charge is 2.24. The quantitative estimate of drug-likeness (QED) is 0.643. The van der Waals surface area contributed by atoms with Crippen LogP contribution in [0.25, 0.3) is 0 Å². The first-order valence-electron chi connectivity index (χ1n) is 6.95. The molecular weight excluding hydrogens is 194 g/mol. The highest BCUT2D eigenvalue weighted by atomic mass is 15.0. The van der Waals surface area contributed by atoms with E-state index in [2.05, 4.69) is 36.0 Å². The highest BCUT2D eigenvalue weighted by Crippen LogP contribution is 2.31. The molecule has 90 valence electrons. The minimum atomic E-state index is 0.376. The van der Waals surface area contributed by atoms with Crippen molar-refractivity contribution in [1.82, 2.24) is 4.57 Å². The van der Waals surface area contributed by atoms with Gasteiger partial charge in [-0.15, -0.1) is 0 Å². The van der Waals surface area contributed by atoms with Crippen molar-refractivity contribution >= 4 is 0 Å². The van der Waals surface area contributed by atoms with Gasteiger partial charge in [-0.05, 0) is 31.9 Å². The van der Waals surface area contributed by atoms with Crippen molar-refractivity contribution in [3.05, 3.63) is 24.5 Å². The van der Waals surface area contributed by atoms with Crippen LogP contribution in [0.3, 0.4) is 0 Å². The molecule has 0 aromatic carbocycles. The summed E-state index contributed by atoms with van der Waals surface area (Å²) in [5.74, 6) is 0. The molecule has 0 aliphatic heterocycles. The van der Waals surface area contributed by atoms with Gasteiger partial charge in [0.15, 0.2) is 0 Å². The molecule has 1 heterocycles. The minimum Gasteiger partial charge on any atom is -0.349 e. The van der Waals surface area contributed by atoms with Crippen LogP contribution in [0.1, 0.15) is 64.7 Å². The van der Waals surface area contributed by atoms with Gasteiger partial charge in [0.1, 0.15) is 0 Å². The normalized spacial score (nSPS) is 22.8. The first-order chi connectivity index (χ1) is 7.81. The van der Waals surface area contributed by atoms with Crippen LogP contribution >= 0.6 is 0 Å². The van der Waals surface area contributed by atoms with E-state index in [9.17, 15) is 0 Å². The van der Waals surface area contributed by atoms with Crippen molar-refractivity contribution in [1.29, 1.82) is 0 Å². The van der Waals surface area contributed by atoms with Gasteiger partial charge in [-0.3, -0.25) is 0 Å². The largest absolute Gasteiger partial charge is 0.349 e. The van der Waals surface area contributed by atoms with Gasteiger partial charge in [0.25, 0.3) is 0 Å². The molecule has 16 heavy (non-hydrogen) atoms. The molecule has 0 amide bonds. The summed E-state index contributed by atoms with van der Waals surface area (Å²) in [4.78, 5) is 0. The lowest BCUT2D eigenvalue weighted by Crippen LogP contribution is -2.29. The van der Waals surface area contributed by atoms with Crippen LogP contribution in [0.4, 0.5) is 0 Å². The number of rotatable bonds is 1. The topological polar surface area (TPSA) is 4.93 Å². The summed E-state index contributed by atoms with van der Waals surface area (Å²) in [5.41, 5.74) is 0.376. The fourth-order valence-electron chi connectivity index (χ4n) is 2.97. The predicted molar refractivity (Wildman–Crippen MR) is 69.6 cm³/mol. The molecule has 1 nitrogen and oxygen atoms in total. The molecule has 1 aliphatic carbocycles. The van der Waals surface area contributed by atoms with Crippen LogP contribution in [-0.2, 0) is 5.54 Å². The van der Waals surface area contributed by atoms with Crippen LogP contribution in [0.5, 0.6) is 0 Å². The van der Waals surface area contributed by atoms with Gasteiger partial charge < -0.3 is 4.57 Å². The van der Waals surface area contributed by atoms with E-state index >= 15 is 0 Å². The molecule has 0 radical (unpaired) electrons. The second-order valence-corrected chi connectivity index (χ2v) is 5.56. The molecule has 0 atom stereocenters. The molecule has 2 rings (SSSR count). The van der Waals surface area contributed by atoms with E-state index in [0.717, 1.165) is 0 Å². The molecule has 1 fully saturated rings. The predicted octanol–water partition coefficient (Wildman–Crippen LogP) is 4.73. The Kier molecular flexibility index (Phi) is 4.09. The van der Waals surface area contributed by atoms with Crippen molar-refractivity contribution in [2.75, 3.05) is 0 Å². The standard InChI is InChI=1S/C15H25N/c1-15(16-13-9-10-14-16)11-7-5-3-2-4-6-8-12-15/h9-10,13-14H,2-8,11-12H2,1H3. The molecule has 0 unspecified atom stereocenters. The van der Waals surface area contributed by atoms with Gasteiger partial charge in [0, 0.05) is 17.9 Å². The van der Waals surface area contributed by atoms with Crippen LogP contribution < -0.4 is 0 Å². The monoisotopic (exact) mass is 219 g/mol. The van der Waals surface area contributed by atoms with Crippen LogP contribution in [0, 0.1) is 0 Å². The Bertz CT molecular complexity index is 276. The van der Waals surface area contributed by atoms with Gasteiger partial charge in [0.2, 0.25) is 0 Å². The third kappa shape index (κ3) is 2.90. The molecule has 1 saturated carbocycles. The molecule has 0 spiro atoms. The number of nitrogens with zero attached hydrogens (tertiary/aromatic N) is 1. The van der Waals surface area contributed by atoms with Crippen LogP contribution in [0.15, 0.2) is 24.5 Å². The molecule has 0 bridgehead atoms. The van der Waals surface area contributed by atoms with E-state index in [0.29, 0.717) is 5.54 Å². The van der Waals surface area contributed by atoms with E-state index in [1.54, 1.807) is 0 Å². The van der Waals surface area contributed by atoms with E-state index in [4.69, 9.17) is 0 Å². The van der Waals surface area contributed by atoms with Crippen molar-refractivity contribution in [2.45, 2.75) is 70.3 Å². The Labute approximate surface area is 99.9 Å². The van der Waals surface area contributed by atoms with E-state index in [1.165, 1.54) is 57.8 Å². The third-order valence-corrected chi connectivity index (χ3v) is 4.16. The first-order valence-corrected chi connectivity index (χ1v) is 6.95. The summed E-state index contributed by atoms with van der Waals surface area (Å²) < 4.78 is 2.44. The molecule has 1 aromatic heterocycles. The van der Waals surface area contributed by atoms with E-state index in [-0.39, 0.29) is 0 Å². The van der Waals surface area contributed by atoms with Gasteiger partial charge in [0.05, 0.1) is 0 Å². The van der Waals surface area contributed by atoms with Crippen molar-refractivity contribution in [3.63, 3.8) is 0 Å². The number of hydrogen-bond acceptors (Lipinski definition) is 0. The second-order valence-electron chi connectivity index (χ2n) is 5.56. The Morgan fingerprint density at radius 2 is 1.19 bits per heavy atom. The SMILES string of the molecule is CC1(n2cccc2)CCCCCCCCC1. The van der Waals surface area contributed by atoms with Crippen molar-refractivity contribution in [2.24, 2.45) is 0 Å². The van der Waals surface area contributed by atoms with Crippen LogP contribution in [-0.4, -0.2) is 4.57 Å². The van der Waals surface area contributed by atoms with E-state index < -0.39 is 0 Å². The maximum Gasteiger partial charge on any atom is 0.0411 e. The lowest BCUT2D eigenvalue weighted by molar-refractivity contribution is 0.246. The van der Waals surface area contributed by atoms with Crippen molar-refractivity contribution < 1.29 is 0 Å². The summed E-state index contributed by atoms with van der Waals surface area (Å²) >= 11 is 0. The molecule has 1 heteroatoms. The minimum absolute atomic E-state index is 0.376. The van der Waals surface area contributed by atoms with Gasteiger partial charge in [-0.25, -0.2) is 0 Å². The Balaban J connectivity index is 2.03. The Hall–Kier alpha value is -0.720. The van der Waals surface area contributed by atoms with Crippen molar-refractivity contribution in [3.8, 4) is 0 Å². The fraction of sp³-hybridized carbons (Fsp3) is 0.733. The number of hydrogen-bond donors (Lipinski definition) is 0. The summed E-state index contributed by atoms with van der Waals surface area (Å²) in [5, 5.41) is 0. The lowest BCUT2D eigenvalue weighted by Gasteiger charge is -2.32. The van der Waals surface area contributed by atoms with E-state index in [1.807, 2.05) is 0 Å². The first kappa shape index (κ1) is 11.8. The fourth-order valence-corrected chi connectivity index (χ4v) is 2.97. The summed E-state index contributed by atoms with van der Waals surface area (Å²) in [7, 11) is 0. The summed E-state index contributed by atoms with van der Waals surface area (Å²) in [6, 6.07) is 4.31. The highest BCUT2D eigenvalue weighted by molar-refractivity contribution is 4.97. The third-order valence-electron chi connectivity index (χ3n) is 4.16. The molecule has 1 aliphatic rings. The Morgan fingerprint density at radius 1 is 0.750 bits per heavy atom. The Morgan fingerprint density at radius 3 is 1.69 bits per heavy atom. The zero-order valence-electron chi connectivity index (χ0n) is 10.6. The molecule has 0 N–H and O–H groups in total. The average Bonchev–Trinajstić information content (AvgIpc) is 2.81. The summed E-state index contributed by atoms with van der Waals surface area (Å²) in [6.07, 6.45) is 17.2. The second kappa shape index (κ2) is 5.56. The summed E-state index contributed by atoms with van der Waals surface area (Å²) in [6.45, 7) is 2.44. The molecular formula is C15H25N. The lowest BCUT2D eigenvalue weighted by atomic mass is 9.86. The molecule has 0 saturated heterocycles. The van der Waals surface area contributed by atoms with Crippen LogP contribution in [0.2, 0.25) is 0 Å². The van der Waals surface area contributed by atoms with Gasteiger partial charge >= 0.3 is 0 Å². The maximum absolute atomic E-state index is 2.44.